The topological polar surface area (TPSA) is 68.8 Å². The molecule has 7 heteroatoms. The van der Waals surface area contributed by atoms with E-state index in [1.165, 1.54) is 0 Å². The van der Waals surface area contributed by atoms with Crippen LogP contribution in [0.15, 0.2) is 0 Å². The molecule has 150 valence electrons. The number of ether oxygens (including phenoxy) is 3. The molecule has 0 aromatic heterocycles. The average molecular weight is 365 g/mol. The van der Waals surface area contributed by atoms with Crippen LogP contribution < -0.4 is 10.6 Å². The summed E-state index contributed by atoms with van der Waals surface area (Å²) in [5.74, 6) is -0.295. The summed E-state index contributed by atoms with van der Waals surface area (Å²) in [5.41, 5.74) is 0. The molecular formula is C18H37FN2O4. The molecule has 1 amide bonds. The van der Waals surface area contributed by atoms with E-state index >= 15 is 0 Å². The monoisotopic (exact) mass is 364 g/mol. The number of amides is 1. The van der Waals surface area contributed by atoms with E-state index in [1.807, 2.05) is 6.92 Å². The van der Waals surface area contributed by atoms with E-state index in [-0.39, 0.29) is 31.1 Å². The number of hydrogen-bond donors (Lipinski definition) is 2. The first-order valence-corrected chi connectivity index (χ1v) is 9.29. The van der Waals surface area contributed by atoms with Gasteiger partial charge in [0, 0.05) is 18.5 Å². The van der Waals surface area contributed by atoms with Gasteiger partial charge in [-0.2, -0.15) is 0 Å². The molecule has 25 heavy (non-hydrogen) atoms. The maximum absolute atomic E-state index is 13.5. The summed E-state index contributed by atoms with van der Waals surface area (Å²) in [5, 5.41) is 5.92. The van der Waals surface area contributed by atoms with Crippen molar-refractivity contribution >= 4 is 5.91 Å². The van der Waals surface area contributed by atoms with Gasteiger partial charge in [-0.1, -0.05) is 20.8 Å². The van der Waals surface area contributed by atoms with Crippen molar-refractivity contribution in [1.82, 2.24) is 10.6 Å². The molecule has 0 aliphatic heterocycles. The third-order valence-corrected chi connectivity index (χ3v) is 3.69. The number of carbonyl (C=O) groups excluding carboxylic acids is 1. The maximum Gasteiger partial charge on any atom is 0.222 e. The smallest absolute Gasteiger partial charge is 0.222 e. The zero-order chi connectivity index (χ0) is 19.1. The zero-order valence-electron chi connectivity index (χ0n) is 16.5. The fourth-order valence-corrected chi connectivity index (χ4v) is 1.78. The number of alkyl halides is 1. The van der Waals surface area contributed by atoms with E-state index in [9.17, 15) is 9.18 Å². The lowest BCUT2D eigenvalue weighted by Gasteiger charge is -2.17. The van der Waals surface area contributed by atoms with Crippen molar-refractivity contribution in [3.05, 3.63) is 0 Å². The Balaban J connectivity index is 3.39. The van der Waals surface area contributed by atoms with Crippen LogP contribution in [-0.2, 0) is 19.0 Å². The fraction of sp³-hybridized carbons (Fsp3) is 0.944. The Hall–Kier alpha value is -0.760. The van der Waals surface area contributed by atoms with Gasteiger partial charge in [0.2, 0.25) is 5.91 Å². The predicted octanol–water partition coefficient (Wildman–Crippen LogP) is 1.92. The van der Waals surface area contributed by atoms with Gasteiger partial charge in [-0.15, -0.1) is 0 Å². The molecule has 0 aromatic rings. The molecule has 0 aliphatic carbocycles. The Kier molecular flexibility index (Phi) is 15.0. The summed E-state index contributed by atoms with van der Waals surface area (Å²) in [6.07, 6.45) is 0.0340. The Morgan fingerprint density at radius 2 is 1.64 bits per heavy atom. The van der Waals surface area contributed by atoms with Gasteiger partial charge in [0.25, 0.3) is 0 Å². The van der Waals surface area contributed by atoms with Gasteiger partial charge in [0.1, 0.15) is 6.17 Å². The van der Waals surface area contributed by atoms with Gasteiger partial charge in [-0.05, 0) is 20.3 Å². The number of nitrogens with one attached hydrogen (secondary N) is 2. The van der Waals surface area contributed by atoms with Crippen molar-refractivity contribution in [2.24, 2.45) is 5.92 Å². The first kappa shape index (κ1) is 24.2. The van der Waals surface area contributed by atoms with E-state index in [0.717, 1.165) is 13.0 Å². The van der Waals surface area contributed by atoms with E-state index < -0.39 is 6.17 Å². The molecule has 6 nitrogen and oxygen atoms in total. The second kappa shape index (κ2) is 15.5. The lowest BCUT2D eigenvalue weighted by molar-refractivity contribution is -0.124. The highest BCUT2D eigenvalue weighted by Gasteiger charge is 2.11. The van der Waals surface area contributed by atoms with Gasteiger partial charge >= 0.3 is 0 Å². The summed E-state index contributed by atoms with van der Waals surface area (Å²) >= 11 is 0. The minimum absolute atomic E-state index is 0.0196. The van der Waals surface area contributed by atoms with Crippen LogP contribution in [0.1, 0.15) is 41.0 Å². The molecule has 3 atom stereocenters. The van der Waals surface area contributed by atoms with Crippen LogP contribution in [0.4, 0.5) is 4.39 Å². The van der Waals surface area contributed by atoms with Gasteiger partial charge in [-0.3, -0.25) is 4.79 Å². The normalized spacial score (nSPS) is 15.2. The van der Waals surface area contributed by atoms with Crippen LogP contribution >= 0.6 is 0 Å². The maximum atomic E-state index is 13.5. The molecule has 0 spiro atoms. The van der Waals surface area contributed by atoms with Crippen molar-refractivity contribution in [3.8, 4) is 0 Å². The number of hydrogen-bond acceptors (Lipinski definition) is 5. The molecule has 0 aromatic carbocycles. The SMILES string of the molecule is CCC(C)NCC(C)OCCOCCOCC(F)CNC(=O)C(C)C. The molecule has 0 saturated carbocycles. The standard InChI is InChI=1S/C18H37FN2O4/c1-6-15(4)20-11-16(5)25-10-9-23-7-8-24-13-17(19)12-21-18(22)14(2)3/h14-17,20H,6-13H2,1-5H3,(H,21,22). The third-order valence-electron chi connectivity index (χ3n) is 3.69. The van der Waals surface area contributed by atoms with Crippen molar-refractivity contribution in [3.63, 3.8) is 0 Å². The summed E-state index contributed by atoms with van der Waals surface area (Å²) < 4.78 is 29.7. The molecule has 0 saturated heterocycles. The lowest BCUT2D eigenvalue weighted by atomic mass is 10.2. The molecule has 2 N–H and O–H groups in total. The van der Waals surface area contributed by atoms with Crippen LogP contribution in [0.2, 0.25) is 0 Å². The van der Waals surface area contributed by atoms with Crippen molar-refractivity contribution in [1.29, 1.82) is 0 Å². The highest BCUT2D eigenvalue weighted by molar-refractivity contribution is 5.77. The zero-order valence-corrected chi connectivity index (χ0v) is 16.5. The fourth-order valence-electron chi connectivity index (χ4n) is 1.78. The Morgan fingerprint density at radius 3 is 2.28 bits per heavy atom. The van der Waals surface area contributed by atoms with Gasteiger partial charge < -0.3 is 24.8 Å². The van der Waals surface area contributed by atoms with Crippen LogP contribution in [0.25, 0.3) is 0 Å². The van der Waals surface area contributed by atoms with Crippen LogP contribution in [-0.4, -0.2) is 70.3 Å². The quantitative estimate of drug-likeness (QED) is 0.410. The third kappa shape index (κ3) is 15.2. The summed E-state index contributed by atoms with van der Waals surface area (Å²) in [6, 6.07) is 0.498. The van der Waals surface area contributed by atoms with Crippen LogP contribution in [0.5, 0.6) is 0 Å². The Bertz CT molecular complexity index is 332. The minimum Gasteiger partial charge on any atom is -0.377 e. The van der Waals surface area contributed by atoms with E-state index in [2.05, 4.69) is 24.5 Å². The highest BCUT2D eigenvalue weighted by atomic mass is 19.1. The highest BCUT2D eigenvalue weighted by Crippen LogP contribution is 1.95. The van der Waals surface area contributed by atoms with Crippen LogP contribution in [0.3, 0.4) is 0 Å². The van der Waals surface area contributed by atoms with Gasteiger partial charge in [0.05, 0.1) is 45.7 Å². The molecule has 0 heterocycles. The van der Waals surface area contributed by atoms with Crippen molar-refractivity contribution < 1.29 is 23.4 Å². The van der Waals surface area contributed by atoms with E-state index in [0.29, 0.717) is 32.5 Å². The number of carbonyl (C=O) groups is 1. The largest absolute Gasteiger partial charge is 0.377 e. The molecule has 0 bridgehead atoms. The van der Waals surface area contributed by atoms with Gasteiger partial charge in [0.15, 0.2) is 0 Å². The molecular weight excluding hydrogens is 327 g/mol. The molecule has 0 aliphatic rings. The van der Waals surface area contributed by atoms with Crippen LogP contribution in [0, 0.1) is 5.92 Å². The van der Waals surface area contributed by atoms with E-state index in [4.69, 9.17) is 14.2 Å². The van der Waals surface area contributed by atoms with Crippen molar-refractivity contribution in [2.45, 2.75) is 59.4 Å². The van der Waals surface area contributed by atoms with Gasteiger partial charge in [-0.25, -0.2) is 4.39 Å². The molecule has 0 rings (SSSR count). The number of rotatable bonds is 16. The second-order valence-corrected chi connectivity index (χ2v) is 6.58. The molecule has 3 unspecified atom stereocenters. The summed E-state index contributed by atoms with van der Waals surface area (Å²) in [6.45, 7) is 12.3. The van der Waals surface area contributed by atoms with Crippen molar-refractivity contribution in [2.75, 3.05) is 46.1 Å². The Morgan fingerprint density at radius 1 is 1.00 bits per heavy atom. The Labute approximate surface area is 152 Å². The predicted molar refractivity (Wildman–Crippen MR) is 97.6 cm³/mol. The first-order valence-electron chi connectivity index (χ1n) is 9.29. The summed E-state index contributed by atoms with van der Waals surface area (Å²) in [4.78, 5) is 11.3. The van der Waals surface area contributed by atoms with E-state index in [1.54, 1.807) is 13.8 Å². The summed E-state index contributed by atoms with van der Waals surface area (Å²) in [7, 11) is 0. The number of halogens is 1. The average Bonchev–Trinajstić information content (AvgIpc) is 2.59. The molecule has 0 radical (unpaired) electrons. The minimum atomic E-state index is -1.20. The lowest BCUT2D eigenvalue weighted by Crippen LogP contribution is -2.35. The first-order chi connectivity index (χ1) is 11.9. The molecule has 0 fully saturated rings. The second-order valence-electron chi connectivity index (χ2n) is 6.58.